The van der Waals surface area contributed by atoms with E-state index in [-0.39, 0.29) is 0 Å². The Bertz CT molecular complexity index is 584. The standard InChI is InChI=1S/C16H20ClN3/c1-12-8-13(6-7-18)10-19-16(12)20(2)11-14-4-3-5-15(17)9-14/h3-5,8-10H,6-7,11,18H2,1-2H3. The molecule has 0 fully saturated rings. The lowest BCUT2D eigenvalue weighted by Gasteiger charge is -2.21. The quantitative estimate of drug-likeness (QED) is 0.919. The Morgan fingerprint density at radius 3 is 2.70 bits per heavy atom. The molecule has 0 saturated carbocycles. The minimum Gasteiger partial charge on any atom is -0.355 e. The van der Waals surface area contributed by atoms with Gasteiger partial charge in [0.2, 0.25) is 0 Å². The van der Waals surface area contributed by atoms with E-state index in [2.05, 4.69) is 28.9 Å². The van der Waals surface area contributed by atoms with Crippen LogP contribution in [-0.4, -0.2) is 18.6 Å². The first kappa shape index (κ1) is 14.8. The van der Waals surface area contributed by atoms with Crippen molar-refractivity contribution in [1.29, 1.82) is 0 Å². The van der Waals surface area contributed by atoms with Crippen molar-refractivity contribution in [2.24, 2.45) is 5.73 Å². The summed E-state index contributed by atoms with van der Waals surface area (Å²) in [7, 11) is 2.04. The van der Waals surface area contributed by atoms with Crippen LogP contribution < -0.4 is 10.6 Å². The molecule has 0 spiro atoms. The average molecular weight is 290 g/mol. The SMILES string of the molecule is Cc1cc(CCN)cnc1N(C)Cc1cccc(Cl)c1. The third-order valence-electron chi connectivity index (χ3n) is 3.21. The second kappa shape index (κ2) is 6.73. The van der Waals surface area contributed by atoms with Gasteiger partial charge in [-0.2, -0.15) is 0 Å². The molecule has 20 heavy (non-hydrogen) atoms. The minimum atomic E-state index is 0.652. The number of anilines is 1. The molecule has 2 rings (SSSR count). The van der Waals surface area contributed by atoms with E-state index in [0.29, 0.717) is 6.54 Å². The number of aromatic nitrogens is 1. The summed E-state index contributed by atoms with van der Waals surface area (Å²) in [4.78, 5) is 6.68. The maximum absolute atomic E-state index is 6.02. The molecule has 2 aromatic rings. The van der Waals surface area contributed by atoms with Crippen LogP contribution in [0.25, 0.3) is 0 Å². The van der Waals surface area contributed by atoms with Gasteiger partial charge in [-0.05, 0) is 48.7 Å². The number of hydrogen-bond donors (Lipinski definition) is 1. The molecule has 4 heteroatoms. The van der Waals surface area contributed by atoms with Crippen molar-refractivity contribution in [2.45, 2.75) is 19.9 Å². The summed E-state index contributed by atoms with van der Waals surface area (Å²) in [5, 5.41) is 0.763. The van der Waals surface area contributed by atoms with Gasteiger partial charge in [-0.3, -0.25) is 0 Å². The first-order valence-electron chi connectivity index (χ1n) is 6.71. The molecule has 0 aliphatic heterocycles. The van der Waals surface area contributed by atoms with Crippen molar-refractivity contribution in [3.8, 4) is 0 Å². The second-order valence-electron chi connectivity index (χ2n) is 5.01. The molecule has 0 bridgehead atoms. The van der Waals surface area contributed by atoms with Gasteiger partial charge >= 0.3 is 0 Å². The van der Waals surface area contributed by atoms with Gasteiger partial charge in [-0.1, -0.05) is 29.8 Å². The van der Waals surface area contributed by atoms with Gasteiger partial charge in [-0.15, -0.1) is 0 Å². The average Bonchev–Trinajstić information content (AvgIpc) is 2.39. The molecule has 2 N–H and O–H groups in total. The number of halogens is 1. The van der Waals surface area contributed by atoms with E-state index in [4.69, 9.17) is 17.3 Å². The predicted molar refractivity (Wildman–Crippen MR) is 85.3 cm³/mol. The van der Waals surface area contributed by atoms with Crippen molar-refractivity contribution in [3.63, 3.8) is 0 Å². The van der Waals surface area contributed by atoms with Crippen molar-refractivity contribution in [1.82, 2.24) is 4.98 Å². The third kappa shape index (κ3) is 3.71. The van der Waals surface area contributed by atoms with Gasteiger partial charge in [0.15, 0.2) is 0 Å². The highest BCUT2D eigenvalue weighted by Gasteiger charge is 2.08. The zero-order valence-corrected chi connectivity index (χ0v) is 12.7. The van der Waals surface area contributed by atoms with E-state index in [0.717, 1.165) is 23.8 Å². The molecule has 0 saturated heterocycles. The van der Waals surface area contributed by atoms with Gasteiger partial charge < -0.3 is 10.6 Å². The number of aryl methyl sites for hydroxylation is 1. The number of pyridine rings is 1. The van der Waals surface area contributed by atoms with Crippen LogP contribution in [0.5, 0.6) is 0 Å². The first-order valence-corrected chi connectivity index (χ1v) is 7.09. The lowest BCUT2D eigenvalue weighted by atomic mass is 10.1. The Morgan fingerprint density at radius 2 is 2.05 bits per heavy atom. The van der Waals surface area contributed by atoms with Crippen molar-refractivity contribution in [3.05, 3.63) is 58.2 Å². The van der Waals surface area contributed by atoms with E-state index in [9.17, 15) is 0 Å². The van der Waals surface area contributed by atoms with Crippen LogP contribution in [0.15, 0.2) is 36.5 Å². The summed E-state index contributed by atoms with van der Waals surface area (Å²) in [6, 6.07) is 10.1. The molecular formula is C16H20ClN3. The van der Waals surface area contributed by atoms with Gasteiger partial charge in [0.25, 0.3) is 0 Å². The van der Waals surface area contributed by atoms with Crippen LogP contribution in [0.1, 0.15) is 16.7 Å². The maximum atomic E-state index is 6.02. The fraction of sp³-hybridized carbons (Fsp3) is 0.312. The monoisotopic (exact) mass is 289 g/mol. The Balaban J connectivity index is 2.14. The summed E-state index contributed by atoms with van der Waals surface area (Å²) < 4.78 is 0. The normalized spacial score (nSPS) is 10.6. The summed E-state index contributed by atoms with van der Waals surface area (Å²) in [5.41, 5.74) is 9.10. The van der Waals surface area contributed by atoms with Crippen LogP contribution >= 0.6 is 11.6 Å². The zero-order valence-electron chi connectivity index (χ0n) is 11.9. The highest BCUT2D eigenvalue weighted by Crippen LogP contribution is 2.20. The Labute approximate surface area is 125 Å². The molecule has 0 atom stereocenters. The molecule has 0 aliphatic rings. The Morgan fingerprint density at radius 1 is 1.25 bits per heavy atom. The second-order valence-corrected chi connectivity index (χ2v) is 5.45. The van der Waals surface area contributed by atoms with E-state index < -0.39 is 0 Å². The maximum Gasteiger partial charge on any atom is 0.131 e. The molecule has 0 amide bonds. The lowest BCUT2D eigenvalue weighted by molar-refractivity contribution is 0.881. The van der Waals surface area contributed by atoms with Gasteiger partial charge in [0, 0.05) is 24.8 Å². The molecule has 0 radical (unpaired) electrons. The highest BCUT2D eigenvalue weighted by atomic mass is 35.5. The lowest BCUT2D eigenvalue weighted by Crippen LogP contribution is -2.19. The summed E-state index contributed by atoms with van der Waals surface area (Å²) in [6.07, 6.45) is 2.77. The number of rotatable bonds is 5. The van der Waals surface area contributed by atoms with Crippen molar-refractivity contribution < 1.29 is 0 Å². The fourth-order valence-corrected chi connectivity index (χ4v) is 2.53. The molecular weight excluding hydrogens is 270 g/mol. The largest absolute Gasteiger partial charge is 0.355 e. The summed E-state index contributed by atoms with van der Waals surface area (Å²) in [6.45, 7) is 3.51. The first-order chi connectivity index (χ1) is 9.60. The van der Waals surface area contributed by atoms with Crippen LogP contribution in [0, 0.1) is 6.92 Å². The van der Waals surface area contributed by atoms with E-state index >= 15 is 0 Å². The van der Waals surface area contributed by atoms with Crippen molar-refractivity contribution in [2.75, 3.05) is 18.5 Å². The third-order valence-corrected chi connectivity index (χ3v) is 3.45. The smallest absolute Gasteiger partial charge is 0.131 e. The van der Waals surface area contributed by atoms with E-state index in [1.807, 2.05) is 31.4 Å². The van der Waals surface area contributed by atoms with E-state index in [1.54, 1.807) is 0 Å². The van der Waals surface area contributed by atoms with Crippen molar-refractivity contribution >= 4 is 17.4 Å². The summed E-state index contributed by atoms with van der Waals surface area (Å²) in [5.74, 6) is 0.991. The molecule has 1 aromatic carbocycles. The fourth-order valence-electron chi connectivity index (χ4n) is 2.31. The Hall–Kier alpha value is -1.58. The summed E-state index contributed by atoms with van der Waals surface area (Å²) >= 11 is 6.02. The number of nitrogens with zero attached hydrogens (tertiary/aromatic N) is 2. The Kier molecular flexibility index (Phi) is 4.99. The molecule has 1 aromatic heterocycles. The highest BCUT2D eigenvalue weighted by molar-refractivity contribution is 6.30. The molecule has 0 aliphatic carbocycles. The van der Waals surface area contributed by atoms with E-state index in [1.165, 1.54) is 16.7 Å². The topological polar surface area (TPSA) is 42.1 Å². The number of benzene rings is 1. The zero-order chi connectivity index (χ0) is 14.5. The van der Waals surface area contributed by atoms with Crippen LogP contribution in [0.2, 0.25) is 5.02 Å². The van der Waals surface area contributed by atoms with Gasteiger partial charge in [-0.25, -0.2) is 4.98 Å². The molecule has 1 heterocycles. The molecule has 3 nitrogen and oxygen atoms in total. The number of nitrogens with two attached hydrogens (primary N) is 1. The molecule has 0 unspecified atom stereocenters. The van der Waals surface area contributed by atoms with Crippen LogP contribution in [0.4, 0.5) is 5.82 Å². The molecule has 106 valence electrons. The van der Waals surface area contributed by atoms with Crippen LogP contribution in [-0.2, 0) is 13.0 Å². The number of hydrogen-bond acceptors (Lipinski definition) is 3. The van der Waals surface area contributed by atoms with Gasteiger partial charge in [0.1, 0.15) is 5.82 Å². The predicted octanol–water partition coefficient (Wildman–Crippen LogP) is 3.18. The van der Waals surface area contributed by atoms with Gasteiger partial charge in [0.05, 0.1) is 0 Å². The van der Waals surface area contributed by atoms with Crippen LogP contribution in [0.3, 0.4) is 0 Å². The minimum absolute atomic E-state index is 0.652.